The zero-order valence-corrected chi connectivity index (χ0v) is 27.0. The van der Waals surface area contributed by atoms with Gasteiger partial charge >= 0.3 is 6.18 Å². The summed E-state index contributed by atoms with van der Waals surface area (Å²) < 4.78 is 46.5. The zero-order valence-electron chi connectivity index (χ0n) is 26.2. The van der Waals surface area contributed by atoms with Crippen LogP contribution in [0, 0.1) is 5.92 Å². The lowest BCUT2D eigenvalue weighted by molar-refractivity contribution is -0.141. The lowest BCUT2D eigenvalue weighted by atomic mass is 9.96. The van der Waals surface area contributed by atoms with E-state index in [2.05, 4.69) is 40.8 Å². The third kappa shape index (κ3) is 7.51. The second-order valence-electron chi connectivity index (χ2n) is 11.6. The summed E-state index contributed by atoms with van der Waals surface area (Å²) in [7, 11) is 1.41. The van der Waals surface area contributed by atoms with Crippen molar-refractivity contribution in [2.45, 2.75) is 25.4 Å². The van der Waals surface area contributed by atoms with E-state index in [9.17, 15) is 27.6 Å². The molecule has 0 atom stereocenters. The van der Waals surface area contributed by atoms with Crippen molar-refractivity contribution in [2.24, 2.45) is 5.92 Å². The van der Waals surface area contributed by atoms with Crippen LogP contribution >= 0.6 is 11.6 Å². The quantitative estimate of drug-likeness (QED) is 0.215. The topological polar surface area (TPSA) is 174 Å². The van der Waals surface area contributed by atoms with Crippen LogP contribution in [0.25, 0.3) is 11.5 Å². The summed E-state index contributed by atoms with van der Waals surface area (Å²) >= 11 is 6.46. The van der Waals surface area contributed by atoms with Crippen molar-refractivity contribution in [1.29, 1.82) is 0 Å². The van der Waals surface area contributed by atoms with Crippen molar-refractivity contribution in [2.75, 3.05) is 51.7 Å². The smallest absolute Gasteiger partial charge is 0.435 e. The van der Waals surface area contributed by atoms with Crippen LogP contribution in [0.15, 0.2) is 36.8 Å². The number of piperazine rings is 1. The average Bonchev–Trinajstić information content (AvgIpc) is 3.76. The maximum absolute atomic E-state index is 13.8. The van der Waals surface area contributed by atoms with Crippen LogP contribution < -0.4 is 15.4 Å². The Bertz CT molecular complexity index is 1830. The van der Waals surface area contributed by atoms with Gasteiger partial charge in [0.1, 0.15) is 5.69 Å². The minimum Gasteiger partial charge on any atom is -0.494 e. The normalized spacial score (nSPS) is 15.7. The van der Waals surface area contributed by atoms with Gasteiger partial charge in [-0.05, 0) is 44.1 Å². The molecule has 4 aromatic rings. The van der Waals surface area contributed by atoms with Crippen molar-refractivity contribution in [3.05, 3.63) is 70.2 Å². The molecule has 3 aromatic heterocycles. The highest BCUT2D eigenvalue weighted by Crippen LogP contribution is 2.35. The number of hydrogen-bond acceptors (Lipinski definition) is 9. The summed E-state index contributed by atoms with van der Waals surface area (Å²) in [6.07, 6.45) is 0.405. The second kappa shape index (κ2) is 14.2. The van der Waals surface area contributed by atoms with Crippen molar-refractivity contribution >= 4 is 35.0 Å². The molecule has 2 fully saturated rings. The van der Waals surface area contributed by atoms with Gasteiger partial charge in [0.15, 0.2) is 23.1 Å². The van der Waals surface area contributed by atoms with Crippen LogP contribution in [0.4, 0.5) is 18.9 Å². The fraction of sp³-hybridized carbons (Fsp3) is 0.387. The van der Waals surface area contributed by atoms with Crippen LogP contribution in [-0.2, 0) is 17.4 Å². The highest BCUT2D eigenvalue weighted by Gasteiger charge is 2.39. The van der Waals surface area contributed by atoms with Gasteiger partial charge in [-0.3, -0.25) is 19.5 Å². The molecule has 2 saturated heterocycles. The molecule has 0 saturated carbocycles. The second-order valence-corrected chi connectivity index (χ2v) is 12.0. The number of aromatic nitrogens is 6. The zero-order chi connectivity index (χ0) is 34.7. The molecule has 0 bridgehead atoms. The molecule has 49 heavy (non-hydrogen) atoms. The summed E-state index contributed by atoms with van der Waals surface area (Å²) in [6.45, 7) is 3.30. The predicted octanol–water partition coefficient (Wildman–Crippen LogP) is 3.40. The first kappa shape index (κ1) is 33.9. The summed E-state index contributed by atoms with van der Waals surface area (Å²) in [4.78, 5) is 57.5. The fourth-order valence-electron chi connectivity index (χ4n) is 5.85. The first-order chi connectivity index (χ1) is 23.5. The van der Waals surface area contributed by atoms with E-state index in [-0.39, 0.29) is 69.0 Å². The number of anilines is 1. The minimum atomic E-state index is -4.77. The number of nitrogens with zero attached hydrogens (tertiary/aromatic N) is 6. The Morgan fingerprint density at radius 3 is 2.37 bits per heavy atom. The first-order valence-electron chi connectivity index (χ1n) is 15.5. The number of imidazole rings is 1. The maximum atomic E-state index is 13.8. The lowest BCUT2D eigenvalue weighted by Crippen LogP contribution is -2.52. The average molecular weight is 701 g/mol. The SMILES string of the molecule is COc1cnc(-c2[nH]nc(C(F)(F)F)c2Cc2cnc(C(=O)Nc3ccc(C(=O)N4CCN(C(=O)C5CCNCC5)CC4)c(Cl)c3)[nH]2)nc1. The van der Waals surface area contributed by atoms with Gasteiger partial charge in [-0.25, -0.2) is 15.0 Å². The summed E-state index contributed by atoms with van der Waals surface area (Å²) in [5.41, 5.74) is -0.726. The number of amides is 3. The van der Waals surface area contributed by atoms with Gasteiger partial charge in [-0.15, -0.1) is 0 Å². The number of ether oxygens (including phenoxy) is 1. The van der Waals surface area contributed by atoms with Gasteiger partial charge in [-0.2, -0.15) is 18.3 Å². The number of piperidine rings is 1. The molecule has 18 heteroatoms. The van der Waals surface area contributed by atoms with Crippen LogP contribution in [-0.4, -0.2) is 104 Å². The van der Waals surface area contributed by atoms with Crippen molar-refractivity contribution in [3.63, 3.8) is 0 Å². The van der Waals surface area contributed by atoms with Crippen molar-refractivity contribution < 1.29 is 32.3 Å². The number of carbonyl (C=O) groups excluding carboxylic acids is 3. The number of nitrogens with one attached hydrogen (secondary N) is 4. The van der Waals surface area contributed by atoms with Crippen molar-refractivity contribution in [1.82, 2.24) is 45.2 Å². The summed E-state index contributed by atoms with van der Waals surface area (Å²) in [6, 6.07) is 4.44. The number of halogens is 4. The molecule has 3 amide bonds. The number of hydrogen-bond donors (Lipinski definition) is 4. The van der Waals surface area contributed by atoms with Crippen LogP contribution in [0.5, 0.6) is 5.75 Å². The molecule has 14 nitrogen and oxygen atoms in total. The van der Waals surface area contributed by atoms with Crippen LogP contribution in [0.3, 0.4) is 0 Å². The molecule has 5 heterocycles. The van der Waals surface area contributed by atoms with Gasteiger partial charge in [0.25, 0.3) is 11.8 Å². The number of rotatable bonds is 8. The summed E-state index contributed by atoms with van der Waals surface area (Å²) in [5.74, 6) is -0.691. The number of alkyl halides is 3. The number of aromatic amines is 2. The van der Waals surface area contributed by atoms with E-state index in [1.807, 2.05) is 4.90 Å². The molecule has 4 N–H and O–H groups in total. The molecule has 1 aromatic carbocycles. The highest BCUT2D eigenvalue weighted by atomic mass is 35.5. The Morgan fingerprint density at radius 1 is 1.02 bits per heavy atom. The van der Waals surface area contributed by atoms with E-state index in [0.717, 1.165) is 25.9 Å². The Balaban J connectivity index is 1.09. The molecule has 2 aliphatic heterocycles. The first-order valence-corrected chi connectivity index (χ1v) is 15.8. The van der Waals surface area contributed by atoms with Crippen LogP contribution in [0.2, 0.25) is 5.02 Å². The van der Waals surface area contributed by atoms with Gasteiger partial charge < -0.3 is 30.2 Å². The predicted molar refractivity (Wildman–Crippen MR) is 170 cm³/mol. The van der Waals surface area contributed by atoms with Crippen molar-refractivity contribution in [3.8, 4) is 17.3 Å². The molecule has 0 aliphatic carbocycles. The molecule has 0 spiro atoms. The molecular formula is C31H32ClF3N10O4. The molecular weight excluding hydrogens is 669 g/mol. The Hall–Kier alpha value is -5.03. The largest absolute Gasteiger partial charge is 0.494 e. The van der Waals surface area contributed by atoms with Gasteiger partial charge in [0.2, 0.25) is 5.91 Å². The molecule has 0 unspecified atom stereocenters. The molecule has 6 rings (SSSR count). The fourth-order valence-corrected chi connectivity index (χ4v) is 6.11. The van der Waals surface area contributed by atoms with Crippen LogP contribution in [0.1, 0.15) is 50.8 Å². The number of benzene rings is 1. The standard InChI is InChI=1S/C31H32ClF3N10O4/c1-49-20-15-38-26(39-16-20)24-22(25(43-42-24)31(33,34)35)12-19-14-37-27(40-19)28(46)41-18-2-3-21(23(32)13-18)30(48)45-10-8-44(9-11-45)29(47)17-4-6-36-7-5-17/h2-3,13-17,36H,4-12H2,1H3,(H,37,40)(H,41,46)(H,42,43). The molecule has 0 radical (unpaired) electrons. The third-order valence-electron chi connectivity index (χ3n) is 8.46. The van der Waals surface area contributed by atoms with E-state index in [1.54, 1.807) is 4.90 Å². The Labute approximate surface area is 282 Å². The highest BCUT2D eigenvalue weighted by molar-refractivity contribution is 6.34. The minimum absolute atomic E-state index is 0.0141. The monoisotopic (exact) mass is 700 g/mol. The molecule has 258 valence electrons. The van der Waals surface area contributed by atoms with E-state index in [1.165, 1.54) is 43.9 Å². The van der Waals surface area contributed by atoms with Gasteiger partial charge in [0.05, 0.1) is 30.1 Å². The Kier molecular flexibility index (Phi) is 9.82. The van der Waals surface area contributed by atoms with Gasteiger partial charge in [0, 0.05) is 61.7 Å². The maximum Gasteiger partial charge on any atom is 0.435 e. The Morgan fingerprint density at radius 2 is 1.71 bits per heavy atom. The van der Waals surface area contributed by atoms with E-state index < -0.39 is 17.8 Å². The van der Waals surface area contributed by atoms with E-state index in [0.29, 0.717) is 31.9 Å². The van der Waals surface area contributed by atoms with E-state index in [4.69, 9.17) is 16.3 Å². The third-order valence-corrected chi connectivity index (χ3v) is 8.77. The number of H-pyrrole nitrogens is 2. The number of methoxy groups -OCH3 is 1. The van der Waals surface area contributed by atoms with Gasteiger partial charge in [-0.1, -0.05) is 11.6 Å². The number of carbonyl (C=O) groups is 3. The molecule has 2 aliphatic rings. The van der Waals surface area contributed by atoms with E-state index >= 15 is 0 Å². The lowest BCUT2D eigenvalue weighted by Gasteiger charge is -2.37. The summed E-state index contributed by atoms with van der Waals surface area (Å²) in [5, 5.41) is 11.8.